The molecule has 2 aliphatic heterocycles. The Kier molecular flexibility index (Phi) is 5.21. The number of likely N-dealkylation sites (tertiary alicyclic amines) is 1. The highest BCUT2D eigenvalue weighted by Gasteiger charge is 2.31. The van der Waals surface area contributed by atoms with Gasteiger partial charge < -0.3 is 15.0 Å². The second kappa shape index (κ2) is 6.74. The third kappa shape index (κ3) is 4.41. The number of rotatable bonds is 3. The zero-order valence-corrected chi connectivity index (χ0v) is 13.0. The quantitative estimate of drug-likeness (QED) is 0.683. The maximum atomic E-state index is 12.2. The molecule has 2 aliphatic rings. The molecule has 8 heteroatoms. The van der Waals surface area contributed by atoms with Gasteiger partial charge in [0.2, 0.25) is 5.91 Å². The van der Waals surface area contributed by atoms with Crippen LogP contribution in [0.3, 0.4) is 0 Å². The SMILES string of the molecule is COC(=O)C1CCN(C(=O)CC2CS(=O)(=O)CCN2)CC1. The smallest absolute Gasteiger partial charge is 0.308 e. The van der Waals surface area contributed by atoms with E-state index in [1.165, 1.54) is 7.11 Å². The number of carbonyl (C=O) groups excluding carboxylic acids is 2. The number of amides is 1. The third-order valence-corrected chi connectivity index (χ3v) is 5.84. The molecule has 1 unspecified atom stereocenters. The highest BCUT2D eigenvalue weighted by atomic mass is 32.2. The third-order valence-electron chi connectivity index (χ3n) is 4.10. The molecule has 1 N–H and O–H groups in total. The summed E-state index contributed by atoms with van der Waals surface area (Å²) < 4.78 is 27.8. The fraction of sp³-hybridized carbons (Fsp3) is 0.846. The minimum absolute atomic E-state index is 0.0252. The van der Waals surface area contributed by atoms with Gasteiger partial charge in [-0.15, -0.1) is 0 Å². The number of hydrogen-bond acceptors (Lipinski definition) is 6. The largest absolute Gasteiger partial charge is 0.469 e. The first kappa shape index (κ1) is 16.2. The standard InChI is InChI=1S/C13H22N2O5S/c1-20-13(17)10-2-5-15(6-3-10)12(16)8-11-9-21(18,19)7-4-14-11/h10-11,14H,2-9H2,1H3. The van der Waals surface area contributed by atoms with Crippen LogP contribution in [0.4, 0.5) is 0 Å². The summed E-state index contributed by atoms with van der Waals surface area (Å²) in [6.45, 7) is 1.46. The molecular weight excluding hydrogens is 296 g/mol. The molecule has 0 saturated carbocycles. The van der Waals surface area contributed by atoms with Gasteiger partial charge in [-0.3, -0.25) is 9.59 Å². The molecule has 21 heavy (non-hydrogen) atoms. The van der Waals surface area contributed by atoms with Gasteiger partial charge in [0.1, 0.15) is 0 Å². The van der Waals surface area contributed by atoms with E-state index in [4.69, 9.17) is 4.74 Å². The lowest BCUT2D eigenvalue weighted by Crippen LogP contribution is -2.49. The maximum Gasteiger partial charge on any atom is 0.308 e. The van der Waals surface area contributed by atoms with Crippen molar-refractivity contribution in [3.05, 3.63) is 0 Å². The van der Waals surface area contributed by atoms with Crippen molar-refractivity contribution >= 4 is 21.7 Å². The molecule has 0 aromatic heterocycles. The summed E-state index contributed by atoms with van der Waals surface area (Å²) in [5.74, 6) is -0.234. The summed E-state index contributed by atoms with van der Waals surface area (Å²) in [5, 5.41) is 3.08. The molecule has 7 nitrogen and oxygen atoms in total. The van der Waals surface area contributed by atoms with Crippen molar-refractivity contribution in [3.63, 3.8) is 0 Å². The van der Waals surface area contributed by atoms with Crippen molar-refractivity contribution in [1.82, 2.24) is 10.2 Å². The zero-order valence-electron chi connectivity index (χ0n) is 12.2. The average Bonchev–Trinajstić information content (AvgIpc) is 2.45. The van der Waals surface area contributed by atoms with Gasteiger partial charge >= 0.3 is 5.97 Å². The molecule has 0 aromatic carbocycles. The van der Waals surface area contributed by atoms with Crippen LogP contribution < -0.4 is 5.32 Å². The molecule has 2 fully saturated rings. The molecule has 1 amide bonds. The van der Waals surface area contributed by atoms with Crippen LogP contribution in [0.1, 0.15) is 19.3 Å². The van der Waals surface area contributed by atoms with Crippen molar-refractivity contribution in [2.24, 2.45) is 5.92 Å². The van der Waals surface area contributed by atoms with Gasteiger partial charge in [-0.1, -0.05) is 0 Å². The van der Waals surface area contributed by atoms with E-state index in [-0.39, 0.29) is 41.8 Å². The zero-order chi connectivity index (χ0) is 15.5. The number of carbonyl (C=O) groups is 2. The normalized spacial score (nSPS) is 26.3. The lowest BCUT2D eigenvalue weighted by Gasteiger charge is -2.32. The van der Waals surface area contributed by atoms with Crippen LogP contribution in [0, 0.1) is 5.92 Å². The van der Waals surface area contributed by atoms with Crippen LogP contribution in [-0.2, 0) is 24.2 Å². The van der Waals surface area contributed by atoms with Crippen molar-refractivity contribution in [2.45, 2.75) is 25.3 Å². The van der Waals surface area contributed by atoms with Crippen LogP contribution >= 0.6 is 0 Å². The van der Waals surface area contributed by atoms with Gasteiger partial charge in [-0.05, 0) is 12.8 Å². The Labute approximate surface area is 124 Å². The number of esters is 1. The van der Waals surface area contributed by atoms with Crippen molar-refractivity contribution in [2.75, 3.05) is 38.2 Å². The highest BCUT2D eigenvalue weighted by Crippen LogP contribution is 2.19. The second-order valence-corrected chi connectivity index (χ2v) is 7.88. The Hall–Kier alpha value is -1.15. The molecular formula is C13H22N2O5S. The average molecular weight is 318 g/mol. The fourth-order valence-electron chi connectivity index (χ4n) is 2.87. The van der Waals surface area contributed by atoms with Crippen LogP contribution in [-0.4, -0.2) is 69.5 Å². The van der Waals surface area contributed by atoms with E-state index >= 15 is 0 Å². The second-order valence-electron chi connectivity index (χ2n) is 5.65. The lowest BCUT2D eigenvalue weighted by atomic mass is 9.96. The number of sulfone groups is 1. The predicted octanol–water partition coefficient (Wildman–Crippen LogP) is -0.825. The van der Waals surface area contributed by atoms with E-state index in [0.717, 1.165) is 0 Å². The first-order valence-electron chi connectivity index (χ1n) is 7.20. The first-order valence-corrected chi connectivity index (χ1v) is 9.03. The molecule has 2 saturated heterocycles. The Morgan fingerprint density at radius 3 is 2.52 bits per heavy atom. The van der Waals surface area contributed by atoms with Crippen LogP contribution in [0.25, 0.3) is 0 Å². The van der Waals surface area contributed by atoms with E-state index in [0.29, 0.717) is 32.5 Å². The van der Waals surface area contributed by atoms with Gasteiger partial charge in [-0.25, -0.2) is 8.42 Å². The lowest BCUT2D eigenvalue weighted by molar-refractivity contribution is -0.149. The van der Waals surface area contributed by atoms with Crippen LogP contribution in [0.15, 0.2) is 0 Å². The van der Waals surface area contributed by atoms with Gasteiger partial charge in [0.15, 0.2) is 9.84 Å². The van der Waals surface area contributed by atoms with E-state index in [9.17, 15) is 18.0 Å². The number of ether oxygens (including phenoxy) is 1. The fourth-order valence-corrected chi connectivity index (χ4v) is 4.31. The van der Waals surface area contributed by atoms with Gasteiger partial charge in [-0.2, -0.15) is 0 Å². The van der Waals surface area contributed by atoms with Gasteiger partial charge in [0.05, 0.1) is 24.5 Å². The molecule has 2 rings (SSSR count). The number of methoxy groups -OCH3 is 1. The number of hydrogen-bond donors (Lipinski definition) is 1. The monoisotopic (exact) mass is 318 g/mol. The molecule has 120 valence electrons. The van der Waals surface area contributed by atoms with Crippen LogP contribution in [0.2, 0.25) is 0 Å². The van der Waals surface area contributed by atoms with E-state index in [2.05, 4.69) is 5.32 Å². The van der Waals surface area contributed by atoms with Crippen molar-refractivity contribution in [3.8, 4) is 0 Å². The Morgan fingerprint density at radius 1 is 1.29 bits per heavy atom. The maximum absolute atomic E-state index is 12.2. The molecule has 0 aromatic rings. The highest BCUT2D eigenvalue weighted by molar-refractivity contribution is 7.91. The van der Waals surface area contributed by atoms with Crippen LogP contribution in [0.5, 0.6) is 0 Å². The minimum atomic E-state index is -3.03. The first-order chi connectivity index (χ1) is 9.91. The number of nitrogens with one attached hydrogen (secondary N) is 1. The van der Waals surface area contributed by atoms with E-state index in [1.54, 1.807) is 4.90 Å². The summed E-state index contributed by atoms with van der Waals surface area (Å²) >= 11 is 0. The van der Waals surface area contributed by atoms with Crippen molar-refractivity contribution < 1.29 is 22.7 Å². The number of piperidine rings is 1. The Morgan fingerprint density at radius 2 is 1.95 bits per heavy atom. The molecule has 2 heterocycles. The molecule has 0 radical (unpaired) electrons. The minimum Gasteiger partial charge on any atom is -0.469 e. The van der Waals surface area contributed by atoms with E-state index < -0.39 is 9.84 Å². The summed E-state index contributed by atoms with van der Waals surface area (Å²) in [6, 6.07) is -0.297. The Bertz CT molecular complexity index is 497. The van der Waals surface area contributed by atoms with Gasteiger partial charge in [0.25, 0.3) is 0 Å². The summed E-state index contributed by atoms with van der Waals surface area (Å²) in [7, 11) is -1.66. The summed E-state index contributed by atoms with van der Waals surface area (Å²) in [6.07, 6.45) is 1.41. The van der Waals surface area contributed by atoms with E-state index in [1.807, 2.05) is 0 Å². The summed E-state index contributed by atoms with van der Waals surface area (Å²) in [5.41, 5.74) is 0. The molecule has 0 spiro atoms. The summed E-state index contributed by atoms with van der Waals surface area (Å²) in [4.78, 5) is 25.3. The predicted molar refractivity (Wildman–Crippen MR) is 76.4 cm³/mol. The molecule has 0 aliphatic carbocycles. The number of nitrogens with zero attached hydrogens (tertiary/aromatic N) is 1. The molecule has 0 bridgehead atoms. The van der Waals surface area contributed by atoms with Gasteiger partial charge in [0, 0.05) is 32.1 Å². The topological polar surface area (TPSA) is 92.8 Å². The van der Waals surface area contributed by atoms with Crippen molar-refractivity contribution in [1.29, 1.82) is 0 Å². The Balaban J connectivity index is 1.81. The molecule has 1 atom stereocenters.